The molecule has 0 radical (unpaired) electrons. The van der Waals surface area contributed by atoms with Gasteiger partial charge in [0.15, 0.2) is 0 Å². The van der Waals surface area contributed by atoms with E-state index in [1.165, 1.54) is 9.75 Å². The van der Waals surface area contributed by atoms with Crippen LogP contribution in [0.4, 0.5) is 8.78 Å². The Morgan fingerprint density at radius 2 is 1.90 bits per heavy atom. The minimum absolute atomic E-state index is 0.211. The molecule has 0 spiro atoms. The molecule has 20 heavy (non-hydrogen) atoms. The van der Waals surface area contributed by atoms with Gasteiger partial charge in [-0.05, 0) is 30.7 Å². The summed E-state index contributed by atoms with van der Waals surface area (Å²) in [6, 6.07) is 7.87. The van der Waals surface area contributed by atoms with E-state index in [1.54, 1.807) is 17.4 Å². The van der Waals surface area contributed by atoms with E-state index in [0.717, 1.165) is 18.7 Å². The van der Waals surface area contributed by atoms with Gasteiger partial charge in [0, 0.05) is 16.3 Å². The lowest BCUT2D eigenvalue weighted by Crippen LogP contribution is -2.10. The van der Waals surface area contributed by atoms with Gasteiger partial charge >= 0.3 is 0 Å². The van der Waals surface area contributed by atoms with E-state index in [9.17, 15) is 8.78 Å². The molecule has 0 amide bonds. The Morgan fingerprint density at radius 1 is 1.15 bits per heavy atom. The first-order chi connectivity index (χ1) is 9.67. The number of hydrogen-bond donors (Lipinski definition) is 1. The average molecular weight is 317 g/mol. The second-order valence-corrected chi connectivity index (χ2v) is 6.50. The molecular weight excluding hydrogens is 300 g/mol. The summed E-state index contributed by atoms with van der Waals surface area (Å²) in [6.07, 6.45) is 1.06. The molecule has 0 atom stereocenters. The summed E-state index contributed by atoms with van der Waals surface area (Å²) in [5, 5.41) is 3.30. The van der Waals surface area contributed by atoms with E-state index in [4.69, 9.17) is 4.42 Å². The number of rotatable bonds is 8. The third kappa shape index (κ3) is 4.92. The summed E-state index contributed by atoms with van der Waals surface area (Å²) < 4.78 is 29.6. The van der Waals surface area contributed by atoms with Crippen molar-refractivity contribution in [3.63, 3.8) is 0 Å². The summed E-state index contributed by atoms with van der Waals surface area (Å²) in [7, 11) is 0. The Morgan fingerprint density at radius 3 is 2.60 bits per heavy atom. The quantitative estimate of drug-likeness (QED) is 0.767. The first kappa shape index (κ1) is 15.5. The van der Waals surface area contributed by atoms with Crippen molar-refractivity contribution in [2.24, 2.45) is 0 Å². The van der Waals surface area contributed by atoms with Gasteiger partial charge in [-0.15, -0.1) is 11.3 Å². The Labute approximate surface area is 125 Å². The minimum atomic E-state index is -2.35. The van der Waals surface area contributed by atoms with E-state index in [1.807, 2.05) is 6.07 Å². The highest BCUT2D eigenvalue weighted by Gasteiger charge is 2.07. The third-order valence-corrected chi connectivity index (χ3v) is 4.67. The van der Waals surface area contributed by atoms with Crippen molar-refractivity contribution < 1.29 is 13.2 Å². The van der Waals surface area contributed by atoms with Crippen LogP contribution >= 0.6 is 23.1 Å². The number of furan rings is 1. The van der Waals surface area contributed by atoms with Crippen LogP contribution in [0, 0.1) is 0 Å². The molecule has 0 aliphatic rings. The lowest BCUT2D eigenvalue weighted by molar-refractivity contribution is 0.251. The molecule has 0 aliphatic heterocycles. The van der Waals surface area contributed by atoms with Gasteiger partial charge in [0.1, 0.15) is 11.5 Å². The first-order valence-corrected chi connectivity index (χ1v) is 8.29. The number of thiophene rings is 1. The van der Waals surface area contributed by atoms with Crippen LogP contribution < -0.4 is 5.32 Å². The van der Waals surface area contributed by atoms with Gasteiger partial charge in [0.25, 0.3) is 5.76 Å². The zero-order chi connectivity index (χ0) is 14.4. The van der Waals surface area contributed by atoms with Crippen LogP contribution in [0.5, 0.6) is 0 Å². The highest BCUT2D eigenvalue weighted by Crippen LogP contribution is 2.21. The molecule has 2 aromatic heterocycles. The van der Waals surface area contributed by atoms with Crippen molar-refractivity contribution in [3.05, 3.63) is 45.5 Å². The lowest BCUT2D eigenvalue weighted by atomic mass is 10.3. The van der Waals surface area contributed by atoms with Crippen molar-refractivity contribution >= 4 is 23.1 Å². The molecule has 0 bridgehead atoms. The number of alkyl halides is 2. The summed E-state index contributed by atoms with van der Waals surface area (Å²) >= 11 is 2.38. The van der Waals surface area contributed by atoms with Crippen LogP contribution in [0.3, 0.4) is 0 Å². The molecule has 0 saturated heterocycles. The van der Waals surface area contributed by atoms with Crippen LogP contribution in [-0.2, 0) is 25.3 Å². The second kappa shape index (κ2) is 7.81. The maximum Gasteiger partial charge on any atom is 0.284 e. The maximum atomic E-state index is 12.1. The van der Waals surface area contributed by atoms with E-state index in [0.29, 0.717) is 24.1 Å². The Balaban J connectivity index is 1.73. The molecule has 6 heteroatoms. The minimum Gasteiger partial charge on any atom is -0.464 e. The highest BCUT2D eigenvalue weighted by molar-refractivity contribution is 7.98. The molecule has 1 N–H and O–H groups in total. The van der Waals surface area contributed by atoms with E-state index < -0.39 is 5.76 Å². The molecule has 2 nitrogen and oxygen atoms in total. The fraction of sp³-hybridized carbons (Fsp3) is 0.429. The molecule has 0 fully saturated rings. The smallest absolute Gasteiger partial charge is 0.284 e. The second-order valence-electron chi connectivity index (χ2n) is 4.26. The van der Waals surface area contributed by atoms with Gasteiger partial charge in [-0.1, -0.05) is 18.7 Å². The SMILES string of the molecule is CCc1ccc(CNCc2ccc(CSC(F)F)o2)s1. The number of thioether (sulfide) groups is 1. The first-order valence-electron chi connectivity index (χ1n) is 6.43. The van der Waals surface area contributed by atoms with Crippen LogP contribution in [0.15, 0.2) is 28.7 Å². The molecule has 0 saturated carbocycles. The van der Waals surface area contributed by atoms with Crippen molar-refractivity contribution in [2.45, 2.75) is 37.9 Å². The summed E-state index contributed by atoms with van der Waals surface area (Å²) in [4.78, 5) is 2.67. The number of nitrogens with one attached hydrogen (secondary N) is 1. The fourth-order valence-corrected chi connectivity index (χ4v) is 3.13. The topological polar surface area (TPSA) is 25.2 Å². The van der Waals surface area contributed by atoms with Crippen LogP contribution in [0.2, 0.25) is 0 Å². The zero-order valence-corrected chi connectivity index (χ0v) is 12.8. The predicted molar refractivity (Wildman–Crippen MR) is 80.2 cm³/mol. The molecule has 110 valence electrons. The summed E-state index contributed by atoms with van der Waals surface area (Å²) in [6.45, 7) is 3.55. The summed E-state index contributed by atoms with van der Waals surface area (Å²) in [5.74, 6) is -0.769. The Hall–Kier alpha value is -0.850. The Bertz CT molecular complexity index is 525. The van der Waals surface area contributed by atoms with Gasteiger partial charge in [-0.25, -0.2) is 0 Å². The standard InChI is InChI=1S/C14H17F2NOS2/c1-2-12-5-6-13(20-12)8-17-7-10-3-4-11(18-10)9-19-14(15)16/h3-6,14,17H,2,7-9H2,1H3. The third-order valence-electron chi connectivity index (χ3n) is 2.73. The summed E-state index contributed by atoms with van der Waals surface area (Å²) in [5.41, 5.74) is 0. The van der Waals surface area contributed by atoms with Gasteiger partial charge in [-0.2, -0.15) is 8.78 Å². The zero-order valence-electron chi connectivity index (χ0n) is 11.2. The van der Waals surface area contributed by atoms with Crippen molar-refractivity contribution in [1.82, 2.24) is 5.32 Å². The Kier molecular flexibility index (Phi) is 6.06. The lowest BCUT2D eigenvalue weighted by Gasteiger charge is -2.00. The van der Waals surface area contributed by atoms with E-state index >= 15 is 0 Å². The van der Waals surface area contributed by atoms with Crippen LogP contribution in [0.25, 0.3) is 0 Å². The molecule has 2 rings (SSSR count). The largest absolute Gasteiger partial charge is 0.464 e. The van der Waals surface area contributed by atoms with Crippen molar-refractivity contribution in [3.8, 4) is 0 Å². The van der Waals surface area contributed by atoms with Gasteiger partial charge < -0.3 is 9.73 Å². The molecule has 2 heterocycles. The van der Waals surface area contributed by atoms with Gasteiger partial charge in [0.2, 0.25) is 0 Å². The monoisotopic (exact) mass is 317 g/mol. The van der Waals surface area contributed by atoms with Crippen LogP contribution in [-0.4, -0.2) is 5.76 Å². The van der Waals surface area contributed by atoms with Crippen molar-refractivity contribution in [2.75, 3.05) is 0 Å². The van der Waals surface area contributed by atoms with Gasteiger partial charge in [0.05, 0.1) is 12.3 Å². The fourth-order valence-electron chi connectivity index (χ4n) is 1.76. The average Bonchev–Trinajstić information content (AvgIpc) is 3.05. The molecule has 2 aromatic rings. The maximum absolute atomic E-state index is 12.1. The molecule has 0 aliphatic carbocycles. The van der Waals surface area contributed by atoms with Crippen LogP contribution in [0.1, 0.15) is 28.2 Å². The predicted octanol–water partition coefficient (Wildman–Crippen LogP) is 4.65. The number of halogens is 2. The molecule has 0 unspecified atom stereocenters. The normalized spacial score (nSPS) is 11.4. The van der Waals surface area contributed by atoms with E-state index in [-0.39, 0.29) is 5.75 Å². The molecule has 0 aromatic carbocycles. The highest BCUT2D eigenvalue weighted by atomic mass is 32.2. The molecular formula is C14H17F2NOS2. The van der Waals surface area contributed by atoms with E-state index in [2.05, 4.69) is 24.4 Å². The van der Waals surface area contributed by atoms with Crippen molar-refractivity contribution in [1.29, 1.82) is 0 Å². The number of hydrogen-bond acceptors (Lipinski definition) is 4. The van der Waals surface area contributed by atoms with Gasteiger partial charge in [-0.3, -0.25) is 0 Å². The number of aryl methyl sites for hydroxylation is 1.